The highest BCUT2D eigenvalue weighted by Gasteiger charge is 2.46. The maximum absolute atomic E-state index is 11.5. The Balaban J connectivity index is 1.97. The van der Waals surface area contributed by atoms with Gasteiger partial charge in [0.15, 0.2) is 11.9 Å². The van der Waals surface area contributed by atoms with Crippen molar-refractivity contribution in [2.75, 3.05) is 12.9 Å². The number of hydrogen-bond acceptors (Lipinski definition) is 7. The predicted octanol–water partition coefficient (Wildman–Crippen LogP) is -0.202. The van der Waals surface area contributed by atoms with E-state index >= 15 is 0 Å². The van der Waals surface area contributed by atoms with Crippen LogP contribution in [-0.4, -0.2) is 51.3 Å². The molecule has 2 aliphatic heterocycles. The molecule has 0 spiro atoms. The molecule has 0 bridgehead atoms. The van der Waals surface area contributed by atoms with Gasteiger partial charge in [-0.25, -0.2) is 4.79 Å². The SMILES string of the molecule is CC1(C)OC[C@H]([C@@H]2C[C@H](OS(C)(=O)=O)C(=O)O2)O1. The van der Waals surface area contributed by atoms with Gasteiger partial charge in [-0.1, -0.05) is 0 Å². The van der Waals surface area contributed by atoms with Crippen LogP contribution in [0.15, 0.2) is 0 Å². The molecule has 0 unspecified atom stereocenters. The summed E-state index contributed by atoms with van der Waals surface area (Å²) in [4.78, 5) is 11.5. The monoisotopic (exact) mass is 280 g/mol. The Bertz CT molecular complexity index is 441. The van der Waals surface area contributed by atoms with Crippen LogP contribution in [0.5, 0.6) is 0 Å². The second-order valence-corrected chi connectivity index (χ2v) is 6.47. The van der Waals surface area contributed by atoms with Crippen molar-refractivity contribution >= 4 is 16.1 Å². The van der Waals surface area contributed by atoms with Gasteiger partial charge in [0.25, 0.3) is 10.1 Å². The second-order valence-electron chi connectivity index (χ2n) is 4.87. The lowest BCUT2D eigenvalue weighted by Gasteiger charge is -2.19. The largest absolute Gasteiger partial charge is 0.457 e. The van der Waals surface area contributed by atoms with E-state index in [2.05, 4.69) is 4.18 Å². The molecule has 0 saturated carbocycles. The van der Waals surface area contributed by atoms with Crippen LogP contribution in [-0.2, 0) is 33.3 Å². The van der Waals surface area contributed by atoms with Crippen LogP contribution in [0, 0.1) is 0 Å². The Kier molecular flexibility index (Phi) is 3.39. The van der Waals surface area contributed by atoms with E-state index in [0.717, 1.165) is 6.26 Å². The fourth-order valence-electron chi connectivity index (χ4n) is 2.00. The van der Waals surface area contributed by atoms with E-state index in [1.54, 1.807) is 13.8 Å². The molecule has 0 aromatic carbocycles. The number of esters is 1. The number of ether oxygens (including phenoxy) is 3. The molecule has 0 aliphatic carbocycles. The fourth-order valence-corrected chi connectivity index (χ4v) is 2.58. The lowest BCUT2D eigenvalue weighted by molar-refractivity contribution is -0.163. The minimum Gasteiger partial charge on any atom is -0.457 e. The summed E-state index contributed by atoms with van der Waals surface area (Å²) in [5, 5.41) is 0. The number of cyclic esters (lactones) is 1. The van der Waals surface area contributed by atoms with Gasteiger partial charge in [-0.15, -0.1) is 0 Å². The summed E-state index contributed by atoms with van der Waals surface area (Å²) < 4.78 is 42.6. The zero-order chi connectivity index (χ0) is 13.6. The number of carbonyl (C=O) groups is 1. The molecule has 0 N–H and O–H groups in total. The second kappa shape index (κ2) is 4.44. The molecule has 0 radical (unpaired) electrons. The van der Waals surface area contributed by atoms with Gasteiger partial charge in [0.05, 0.1) is 12.9 Å². The smallest absolute Gasteiger partial charge is 0.337 e. The van der Waals surface area contributed by atoms with Crippen LogP contribution in [0.3, 0.4) is 0 Å². The standard InChI is InChI=1S/C10H16O7S/c1-10(2)14-5-8(16-10)6-4-7(9(11)15-6)17-18(3,12)13/h6-8H,4-5H2,1-3H3/t6-,7-,8+/m0/s1. The van der Waals surface area contributed by atoms with Crippen molar-refractivity contribution in [3.8, 4) is 0 Å². The summed E-state index contributed by atoms with van der Waals surface area (Å²) in [6.45, 7) is 3.82. The molecule has 0 aromatic heterocycles. The maximum atomic E-state index is 11.5. The molecule has 0 aromatic rings. The molecule has 104 valence electrons. The maximum Gasteiger partial charge on any atom is 0.337 e. The van der Waals surface area contributed by atoms with Gasteiger partial charge in [-0.2, -0.15) is 8.42 Å². The summed E-state index contributed by atoms with van der Waals surface area (Å²) >= 11 is 0. The summed E-state index contributed by atoms with van der Waals surface area (Å²) in [5.74, 6) is -1.40. The first-order valence-corrected chi connectivity index (χ1v) is 7.38. The zero-order valence-corrected chi connectivity index (χ0v) is 11.2. The van der Waals surface area contributed by atoms with Gasteiger partial charge in [0.2, 0.25) is 0 Å². The Morgan fingerprint density at radius 3 is 2.50 bits per heavy atom. The average molecular weight is 280 g/mol. The van der Waals surface area contributed by atoms with Gasteiger partial charge in [-0.05, 0) is 13.8 Å². The van der Waals surface area contributed by atoms with E-state index in [4.69, 9.17) is 14.2 Å². The molecular formula is C10H16O7S. The molecular weight excluding hydrogens is 264 g/mol. The van der Waals surface area contributed by atoms with Gasteiger partial charge in [0.1, 0.15) is 12.2 Å². The normalized spacial score (nSPS) is 35.7. The lowest BCUT2D eigenvalue weighted by atomic mass is 10.1. The van der Waals surface area contributed by atoms with Gasteiger partial charge >= 0.3 is 5.97 Å². The quantitative estimate of drug-likeness (QED) is 0.522. The first-order valence-electron chi connectivity index (χ1n) is 5.57. The third kappa shape index (κ3) is 3.19. The molecule has 3 atom stereocenters. The van der Waals surface area contributed by atoms with Crippen molar-refractivity contribution < 1.29 is 31.6 Å². The minimum absolute atomic E-state index is 0.149. The summed E-state index contributed by atoms with van der Waals surface area (Å²) in [7, 11) is -3.68. The zero-order valence-electron chi connectivity index (χ0n) is 10.4. The first-order chi connectivity index (χ1) is 8.16. The van der Waals surface area contributed by atoms with Crippen LogP contribution in [0.1, 0.15) is 20.3 Å². The molecule has 7 nitrogen and oxygen atoms in total. The van der Waals surface area contributed by atoms with Crippen LogP contribution >= 0.6 is 0 Å². The van der Waals surface area contributed by atoms with E-state index in [0.29, 0.717) is 6.61 Å². The molecule has 2 saturated heterocycles. The highest BCUT2D eigenvalue weighted by atomic mass is 32.2. The van der Waals surface area contributed by atoms with E-state index in [1.165, 1.54) is 0 Å². The molecule has 2 heterocycles. The number of hydrogen-bond donors (Lipinski definition) is 0. The van der Waals surface area contributed by atoms with Gasteiger partial charge in [0, 0.05) is 6.42 Å². The predicted molar refractivity (Wildman–Crippen MR) is 59.1 cm³/mol. The molecule has 2 rings (SSSR count). The van der Waals surface area contributed by atoms with E-state index in [1.807, 2.05) is 0 Å². The Hall–Kier alpha value is -0.700. The third-order valence-electron chi connectivity index (χ3n) is 2.71. The van der Waals surface area contributed by atoms with Gasteiger partial charge < -0.3 is 14.2 Å². The fraction of sp³-hybridized carbons (Fsp3) is 0.900. The molecule has 18 heavy (non-hydrogen) atoms. The summed E-state index contributed by atoms with van der Waals surface area (Å²) in [6, 6.07) is 0. The van der Waals surface area contributed by atoms with Crippen molar-refractivity contribution in [1.29, 1.82) is 0 Å². The number of rotatable bonds is 3. The van der Waals surface area contributed by atoms with Crippen molar-refractivity contribution in [2.45, 2.75) is 44.4 Å². The van der Waals surface area contributed by atoms with Crippen LogP contribution in [0.25, 0.3) is 0 Å². The molecule has 2 fully saturated rings. The Morgan fingerprint density at radius 1 is 1.33 bits per heavy atom. The molecule has 8 heteroatoms. The average Bonchev–Trinajstić information content (AvgIpc) is 2.69. The third-order valence-corrected chi connectivity index (χ3v) is 3.29. The Labute approximate surface area is 105 Å². The van der Waals surface area contributed by atoms with E-state index in [-0.39, 0.29) is 6.42 Å². The summed E-state index contributed by atoms with van der Waals surface area (Å²) in [5.41, 5.74) is 0. The number of carbonyl (C=O) groups excluding carboxylic acids is 1. The van der Waals surface area contributed by atoms with E-state index in [9.17, 15) is 13.2 Å². The van der Waals surface area contributed by atoms with E-state index < -0.39 is 40.2 Å². The highest BCUT2D eigenvalue weighted by Crippen LogP contribution is 2.31. The highest BCUT2D eigenvalue weighted by molar-refractivity contribution is 7.86. The van der Waals surface area contributed by atoms with Crippen molar-refractivity contribution in [2.24, 2.45) is 0 Å². The lowest BCUT2D eigenvalue weighted by Crippen LogP contribution is -2.30. The summed E-state index contributed by atoms with van der Waals surface area (Å²) in [6.07, 6.45) is -0.970. The first kappa shape index (κ1) is 13.7. The van der Waals surface area contributed by atoms with Crippen molar-refractivity contribution in [3.05, 3.63) is 0 Å². The van der Waals surface area contributed by atoms with Crippen molar-refractivity contribution in [1.82, 2.24) is 0 Å². The topological polar surface area (TPSA) is 88.1 Å². The van der Waals surface area contributed by atoms with Crippen molar-refractivity contribution in [3.63, 3.8) is 0 Å². The van der Waals surface area contributed by atoms with Crippen LogP contribution < -0.4 is 0 Å². The van der Waals surface area contributed by atoms with Crippen LogP contribution in [0.2, 0.25) is 0 Å². The minimum atomic E-state index is -3.68. The van der Waals surface area contributed by atoms with Crippen LogP contribution in [0.4, 0.5) is 0 Å². The molecule has 0 amide bonds. The molecule has 2 aliphatic rings. The Morgan fingerprint density at radius 2 is 2.00 bits per heavy atom. The van der Waals surface area contributed by atoms with Gasteiger partial charge in [-0.3, -0.25) is 4.18 Å².